The number of benzene rings is 1. The van der Waals surface area contributed by atoms with E-state index in [0.717, 1.165) is 17.5 Å². The third kappa shape index (κ3) is 1.40. The highest BCUT2D eigenvalue weighted by molar-refractivity contribution is 6.33. The highest BCUT2D eigenvalue weighted by Crippen LogP contribution is 2.43. The topological polar surface area (TPSA) is 12.0 Å². The van der Waals surface area contributed by atoms with Crippen molar-refractivity contribution in [2.24, 2.45) is 0 Å². The van der Waals surface area contributed by atoms with Gasteiger partial charge in [0.15, 0.2) is 0 Å². The van der Waals surface area contributed by atoms with Crippen molar-refractivity contribution < 1.29 is 0 Å². The average Bonchev–Trinajstić information content (AvgIpc) is 3.01. The minimum Gasteiger partial charge on any atom is -0.384 e. The van der Waals surface area contributed by atoms with Crippen LogP contribution in [0, 0.1) is 0 Å². The van der Waals surface area contributed by atoms with E-state index in [-0.39, 0.29) is 0 Å². The molecule has 1 N–H and O–H groups in total. The Hall–Kier alpha value is -0.690. The molecule has 0 unspecified atom stereocenters. The summed E-state index contributed by atoms with van der Waals surface area (Å²) in [7, 11) is 0. The Bertz CT molecular complexity index is 369. The van der Waals surface area contributed by atoms with Crippen molar-refractivity contribution in [3.05, 3.63) is 28.3 Å². The summed E-state index contributed by atoms with van der Waals surface area (Å²) in [5.74, 6) is 0.805. The molecule has 1 saturated carbocycles. The van der Waals surface area contributed by atoms with E-state index in [9.17, 15) is 0 Å². The average molecular weight is 208 g/mol. The number of aryl methyl sites for hydroxylation is 1. The molecule has 2 aliphatic rings. The van der Waals surface area contributed by atoms with Crippen molar-refractivity contribution in [1.82, 2.24) is 0 Å². The van der Waals surface area contributed by atoms with Crippen molar-refractivity contribution >= 4 is 17.3 Å². The zero-order chi connectivity index (χ0) is 9.54. The maximum Gasteiger partial charge on any atom is 0.0643 e. The Morgan fingerprint density at radius 3 is 2.93 bits per heavy atom. The molecule has 3 rings (SSSR count). The predicted octanol–water partition coefficient (Wildman–Crippen LogP) is 3.58. The molecule has 1 nitrogen and oxygen atoms in total. The number of fused-ring (bicyclic) bond motifs is 1. The molecule has 1 fully saturated rings. The lowest BCUT2D eigenvalue weighted by Crippen LogP contribution is -2.12. The van der Waals surface area contributed by atoms with Crippen molar-refractivity contribution in [3.63, 3.8) is 0 Å². The molecule has 0 radical (unpaired) electrons. The van der Waals surface area contributed by atoms with Gasteiger partial charge in [-0.15, -0.1) is 0 Å². The van der Waals surface area contributed by atoms with Gasteiger partial charge in [0.25, 0.3) is 0 Å². The van der Waals surface area contributed by atoms with E-state index in [2.05, 4.69) is 17.4 Å². The van der Waals surface area contributed by atoms with Gasteiger partial charge < -0.3 is 5.32 Å². The lowest BCUT2D eigenvalue weighted by Gasteiger charge is -2.20. The maximum atomic E-state index is 6.26. The molecular formula is C12H14ClN. The van der Waals surface area contributed by atoms with Crippen LogP contribution in [0.1, 0.15) is 36.3 Å². The zero-order valence-electron chi connectivity index (χ0n) is 8.15. The van der Waals surface area contributed by atoms with Gasteiger partial charge in [-0.1, -0.05) is 17.7 Å². The maximum absolute atomic E-state index is 6.26. The molecule has 0 atom stereocenters. The summed E-state index contributed by atoms with van der Waals surface area (Å²) in [6.07, 6.45) is 5.12. The number of anilines is 1. The van der Waals surface area contributed by atoms with Gasteiger partial charge in [0, 0.05) is 6.54 Å². The number of hydrogen-bond acceptors (Lipinski definition) is 1. The number of hydrogen-bond donors (Lipinski definition) is 1. The normalized spacial score (nSPS) is 20.1. The van der Waals surface area contributed by atoms with Crippen molar-refractivity contribution in [1.29, 1.82) is 0 Å². The predicted molar refractivity (Wildman–Crippen MR) is 60.2 cm³/mol. The molecule has 1 heterocycles. The van der Waals surface area contributed by atoms with E-state index in [1.807, 2.05) is 0 Å². The van der Waals surface area contributed by atoms with Gasteiger partial charge in [0.05, 0.1) is 10.7 Å². The fraction of sp³-hybridized carbons (Fsp3) is 0.500. The summed E-state index contributed by atoms with van der Waals surface area (Å²) in [4.78, 5) is 0. The van der Waals surface area contributed by atoms with Gasteiger partial charge >= 0.3 is 0 Å². The quantitative estimate of drug-likeness (QED) is 0.743. The fourth-order valence-corrected chi connectivity index (χ4v) is 2.54. The van der Waals surface area contributed by atoms with E-state index in [1.54, 1.807) is 0 Å². The second-order valence-electron chi connectivity index (χ2n) is 4.34. The van der Waals surface area contributed by atoms with Crippen LogP contribution in [0.4, 0.5) is 5.69 Å². The number of rotatable bonds is 1. The van der Waals surface area contributed by atoms with E-state index >= 15 is 0 Å². The van der Waals surface area contributed by atoms with E-state index in [4.69, 9.17) is 11.6 Å². The van der Waals surface area contributed by atoms with Gasteiger partial charge in [0.2, 0.25) is 0 Å². The second-order valence-corrected chi connectivity index (χ2v) is 4.75. The molecule has 0 amide bonds. The van der Waals surface area contributed by atoms with Crippen LogP contribution in [-0.4, -0.2) is 6.54 Å². The number of nitrogens with one attached hydrogen (secondary N) is 1. The Morgan fingerprint density at radius 1 is 1.29 bits per heavy atom. The molecule has 14 heavy (non-hydrogen) atoms. The van der Waals surface area contributed by atoms with Crippen LogP contribution in [0.2, 0.25) is 5.02 Å². The first-order valence-electron chi connectivity index (χ1n) is 5.41. The molecule has 0 spiro atoms. The molecule has 0 aromatic heterocycles. The second kappa shape index (κ2) is 3.16. The summed E-state index contributed by atoms with van der Waals surface area (Å²) in [6.45, 7) is 1.06. The summed E-state index contributed by atoms with van der Waals surface area (Å²) < 4.78 is 0. The molecule has 1 aromatic carbocycles. The van der Waals surface area contributed by atoms with Crippen LogP contribution < -0.4 is 5.32 Å². The van der Waals surface area contributed by atoms with Crippen LogP contribution in [0.25, 0.3) is 0 Å². The molecule has 1 aliphatic heterocycles. The molecule has 0 saturated heterocycles. The SMILES string of the molecule is Clc1cc(C2CC2)cc2c1NCCC2. The Balaban J connectivity index is 2.06. The van der Waals surface area contributed by atoms with Crippen LogP contribution >= 0.6 is 11.6 Å². The Labute approximate surface area is 89.5 Å². The Kier molecular flexibility index (Phi) is 1.94. The molecular weight excluding hydrogens is 194 g/mol. The van der Waals surface area contributed by atoms with Crippen LogP contribution in [-0.2, 0) is 6.42 Å². The van der Waals surface area contributed by atoms with Crippen LogP contribution in [0.3, 0.4) is 0 Å². The van der Waals surface area contributed by atoms with Crippen LogP contribution in [0.15, 0.2) is 12.1 Å². The zero-order valence-corrected chi connectivity index (χ0v) is 8.90. The Morgan fingerprint density at radius 2 is 2.14 bits per heavy atom. The monoisotopic (exact) mass is 207 g/mol. The van der Waals surface area contributed by atoms with Gasteiger partial charge in [-0.05, 0) is 48.8 Å². The standard InChI is InChI=1S/C12H14ClN/c13-11-7-10(8-3-4-8)6-9-2-1-5-14-12(9)11/h6-8,14H,1-5H2. The highest BCUT2D eigenvalue weighted by Gasteiger charge is 2.25. The van der Waals surface area contributed by atoms with E-state index in [0.29, 0.717) is 0 Å². The summed E-state index contributed by atoms with van der Waals surface area (Å²) in [6, 6.07) is 4.50. The first-order valence-corrected chi connectivity index (χ1v) is 5.78. The summed E-state index contributed by atoms with van der Waals surface area (Å²) >= 11 is 6.26. The fourth-order valence-electron chi connectivity index (χ4n) is 2.23. The molecule has 0 bridgehead atoms. The third-order valence-corrected chi connectivity index (χ3v) is 3.47. The first kappa shape index (κ1) is 8.60. The van der Waals surface area contributed by atoms with Crippen molar-refractivity contribution in [2.45, 2.75) is 31.6 Å². The molecule has 1 aromatic rings. The van der Waals surface area contributed by atoms with Crippen molar-refractivity contribution in [3.8, 4) is 0 Å². The highest BCUT2D eigenvalue weighted by atomic mass is 35.5. The minimum atomic E-state index is 0.805. The summed E-state index contributed by atoms with van der Waals surface area (Å²) in [5, 5.41) is 4.31. The third-order valence-electron chi connectivity index (χ3n) is 3.17. The lowest BCUT2D eigenvalue weighted by atomic mass is 9.99. The van der Waals surface area contributed by atoms with Gasteiger partial charge in [-0.25, -0.2) is 0 Å². The van der Waals surface area contributed by atoms with Crippen LogP contribution in [0.5, 0.6) is 0 Å². The minimum absolute atomic E-state index is 0.805. The number of halogens is 1. The summed E-state index contributed by atoms with van der Waals surface area (Å²) in [5.41, 5.74) is 4.06. The van der Waals surface area contributed by atoms with Gasteiger partial charge in [0.1, 0.15) is 0 Å². The van der Waals surface area contributed by atoms with Gasteiger partial charge in [-0.3, -0.25) is 0 Å². The van der Waals surface area contributed by atoms with Crippen molar-refractivity contribution in [2.75, 3.05) is 11.9 Å². The van der Waals surface area contributed by atoms with E-state index in [1.165, 1.54) is 42.5 Å². The molecule has 2 heteroatoms. The largest absolute Gasteiger partial charge is 0.384 e. The lowest BCUT2D eigenvalue weighted by molar-refractivity contribution is 0.827. The molecule has 1 aliphatic carbocycles. The molecule has 74 valence electrons. The van der Waals surface area contributed by atoms with E-state index < -0.39 is 0 Å². The smallest absolute Gasteiger partial charge is 0.0643 e. The van der Waals surface area contributed by atoms with Gasteiger partial charge in [-0.2, -0.15) is 0 Å². The first-order chi connectivity index (χ1) is 6.84.